The Bertz CT molecular complexity index is 223. The zero-order valence-electron chi connectivity index (χ0n) is 9.72. The van der Waals surface area contributed by atoms with Gasteiger partial charge in [-0.25, -0.2) is 0 Å². The molecule has 0 aromatic rings. The van der Waals surface area contributed by atoms with Gasteiger partial charge in [-0.1, -0.05) is 63.0 Å². The van der Waals surface area contributed by atoms with Crippen molar-refractivity contribution in [1.82, 2.24) is 0 Å². The summed E-state index contributed by atoms with van der Waals surface area (Å²) in [7, 11) is 5.62. The van der Waals surface area contributed by atoms with Crippen LogP contribution in [0.5, 0.6) is 0 Å². The standard InChI is InChI=1S/C13H21B/c1-5-11(3)8-7-9-13(6-2)12(4)10-14/h7-9,12H,3,5-6,10H2,1-2,4H3/b8-7-,13-9-. The van der Waals surface area contributed by atoms with Crippen LogP contribution in [0.3, 0.4) is 0 Å². The van der Waals surface area contributed by atoms with Crippen molar-refractivity contribution >= 4 is 7.85 Å². The van der Waals surface area contributed by atoms with Crippen molar-refractivity contribution in [1.29, 1.82) is 0 Å². The molecule has 0 fully saturated rings. The molecule has 0 saturated carbocycles. The van der Waals surface area contributed by atoms with E-state index in [9.17, 15) is 0 Å². The van der Waals surface area contributed by atoms with Crippen molar-refractivity contribution in [2.45, 2.75) is 39.9 Å². The lowest BCUT2D eigenvalue weighted by Crippen LogP contribution is -1.96. The minimum absolute atomic E-state index is 0.486. The van der Waals surface area contributed by atoms with E-state index in [-0.39, 0.29) is 0 Å². The molecule has 0 nitrogen and oxygen atoms in total. The summed E-state index contributed by atoms with van der Waals surface area (Å²) in [4.78, 5) is 0. The quantitative estimate of drug-likeness (QED) is 0.435. The molecule has 0 amide bonds. The molecular weight excluding hydrogens is 167 g/mol. The second kappa shape index (κ2) is 7.67. The first-order valence-electron chi connectivity index (χ1n) is 5.40. The van der Waals surface area contributed by atoms with Gasteiger partial charge in [0.2, 0.25) is 0 Å². The summed E-state index contributed by atoms with van der Waals surface area (Å²) in [5, 5.41) is 0. The summed E-state index contributed by atoms with van der Waals surface area (Å²) in [6.07, 6.45) is 9.12. The summed E-state index contributed by atoms with van der Waals surface area (Å²) in [5.41, 5.74) is 2.57. The lowest BCUT2D eigenvalue weighted by atomic mass is 9.85. The van der Waals surface area contributed by atoms with Gasteiger partial charge in [0.1, 0.15) is 0 Å². The van der Waals surface area contributed by atoms with Gasteiger partial charge in [-0.2, -0.15) is 0 Å². The van der Waals surface area contributed by atoms with Crippen LogP contribution >= 0.6 is 0 Å². The number of hydrogen-bond acceptors (Lipinski definition) is 0. The number of hydrogen-bond donors (Lipinski definition) is 0. The third-order valence-electron chi connectivity index (χ3n) is 2.49. The molecule has 0 aromatic heterocycles. The van der Waals surface area contributed by atoms with Gasteiger partial charge in [0.05, 0.1) is 7.85 Å². The summed E-state index contributed by atoms with van der Waals surface area (Å²) >= 11 is 0. The Balaban J connectivity index is 4.31. The van der Waals surface area contributed by atoms with Crippen LogP contribution in [0.1, 0.15) is 33.6 Å². The fourth-order valence-corrected chi connectivity index (χ4v) is 1.21. The Morgan fingerprint density at radius 3 is 2.43 bits per heavy atom. The molecule has 1 atom stereocenters. The topological polar surface area (TPSA) is 0 Å². The minimum atomic E-state index is 0.486. The van der Waals surface area contributed by atoms with Crippen molar-refractivity contribution in [3.63, 3.8) is 0 Å². The maximum Gasteiger partial charge on any atom is 0.0660 e. The molecule has 76 valence electrons. The minimum Gasteiger partial charge on any atom is -0.0958 e. The molecule has 0 heterocycles. The first-order valence-corrected chi connectivity index (χ1v) is 5.40. The van der Waals surface area contributed by atoms with E-state index in [2.05, 4.69) is 45.6 Å². The largest absolute Gasteiger partial charge is 0.0958 e. The van der Waals surface area contributed by atoms with Crippen LogP contribution < -0.4 is 0 Å². The van der Waals surface area contributed by atoms with E-state index in [0.717, 1.165) is 24.7 Å². The van der Waals surface area contributed by atoms with Crippen molar-refractivity contribution < 1.29 is 0 Å². The van der Waals surface area contributed by atoms with Gasteiger partial charge in [0, 0.05) is 0 Å². The molecule has 0 rings (SSSR count). The first kappa shape index (κ1) is 13.3. The van der Waals surface area contributed by atoms with E-state index in [1.165, 1.54) is 5.57 Å². The van der Waals surface area contributed by atoms with E-state index in [1.807, 2.05) is 0 Å². The summed E-state index contributed by atoms with van der Waals surface area (Å²) < 4.78 is 0. The van der Waals surface area contributed by atoms with Gasteiger partial charge < -0.3 is 0 Å². The van der Waals surface area contributed by atoms with Crippen LogP contribution in [-0.2, 0) is 0 Å². The normalized spacial score (nSPS) is 14.6. The zero-order chi connectivity index (χ0) is 11.0. The van der Waals surface area contributed by atoms with E-state index in [0.29, 0.717) is 5.92 Å². The average Bonchev–Trinajstić information content (AvgIpc) is 2.22. The smallest absolute Gasteiger partial charge is 0.0660 e. The van der Waals surface area contributed by atoms with Crippen LogP contribution in [0.15, 0.2) is 36.0 Å². The highest BCUT2D eigenvalue weighted by Crippen LogP contribution is 2.17. The van der Waals surface area contributed by atoms with E-state index < -0.39 is 0 Å². The Labute approximate surface area is 90.2 Å². The highest BCUT2D eigenvalue weighted by atomic mass is 14.1. The predicted molar refractivity (Wildman–Crippen MR) is 66.7 cm³/mol. The summed E-state index contributed by atoms with van der Waals surface area (Å²) in [6, 6.07) is 0. The van der Waals surface area contributed by atoms with E-state index >= 15 is 0 Å². The third kappa shape index (κ3) is 5.11. The Morgan fingerprint density at radius 2 is 2.00 bits per heavy atom. The van der Waals surface area contributed by atoms with Crippen LogP contribution in [-0.4, -0.2) is 7.85 Å². The second-order valence-electron chi connectivity index (χ2n) is 3.60. The molecule has 14 heavy (non-hydrogen) atoms. The highest BCUT2D eigenvalue weighted by molar-refractivity contribution is 6.08. The van der Waals surface area contributed by atoms with Crippen molar-refractivity contribution in [2.75, 3.05) is 0 Å². The van der Waals surface area contributed by atoms with Gasteiger partial charge in [-0.05, 0) is 18.8 Å². The molecule has 1 heteroatoms. The molecule has 0 bridgehead atoms. The molecule has 0 saturated heterocycles. The predicted octanol–water partition coefficient (Wildman–Crippen LogP) is 4.07. The Morgan fingerprint density at radius 1 is 1.36 bits per heavy atom. The molecule has 1 unspecified atom stereocenters. The van der Waals surface area contributed by atoms with Gasteiger partial charge in [0.15, 0.2) is 0 Å². The molecule has 0 aliphatic rings. The molecule has 0 spiro atoms. The highest BCUT2D eigenvalue weighted by Gasteiger charge is 2.01. The molecule has 0 aliphatic carbocycles. The monoisotopic (exact) mass is 188 g/mol. The number of rotatable bonds is 6. The lowest BCUT2D eigenvalue weighted by molar-refractivity contribution is 0.731. The van der Waals surface area contributed by atoms with Crippen molar-refractivity contribution in [3.8, 4) is 0 Å². The van der Waals surface area contributed by atoms with Crippen LogP contribution in [0, 0.1) is 5.92 Å². The maximum absolute atomic E-state index is 5.62. The maximum atomic E-state index is 5.62. The van der Waals surface area contributed by atoms with Gasteiger partial charge in [-0.15, -0.1) is 0 Å². The molecule has 2 radical (unpaired) electrons. The van der Waals surface area contributed by atoms with Gasteiger partial charge >= 0.3 is 0 Å². The second-order valence-corrected chi connectivity index (χ2v) is 3.60. The Kier molecular flexibility index (Phi) is 7.28. The van der Waals surface area contributed by atoms with Gasteiger partial charge in [0.25, 0.3) is 0 Å². The van der Waals surface area contributed by atoms with Crippen LogP contribution in [0.4, 0.5) is 0 Å². The first-order chi connectivity index (χ1) is 6.65. The van der Waals surface area contributed by atoms with E-state index in [1.54, 1.807) is 0 Å². The van der Waals surface area contributed by atoms with Crippen molar-refractivity contribution in [2.24, 2.45) is 5.92 Å². The van der Waals surface area contributed by atoms with E-state index in [4.69, 9.17) is 7.85 Å². The molecule has 0 N–H and O–H groups in total. The Hall–Kier alpha value is -0.715. The summed E-state index contributed by atoms with van der Waals surface area (Å²) in [6.45, 7) is 10.4. The number of allylic oxidation sites excluding steroid dienone is 5. The lowest BCUT2D eigenvalue weighted by Gasteiger charge is -2.10. The SMILES string of the molecule is [B]CC(C)/C(=C\C=C/C(=C)CC)CC. The third-order valence-corrected chi connectivity index (χ3v) is 2.49. The van der Waals surface area contributed by atoms with Gasteiger partial charge in [-0.3, -0.25) is 0 Å². The fraction of sp³-hybridized carbons (Fsp3) is 0.538. The molecule has 0 aromatic carbocycles. The average molecular weight is 188 g/mol. The van der Waals surface area contributed by atoms with Crippen LogP contribution in [0.25, 0.3) is 0 Å². The summed E-state index contributed by atoms with van der Waals surface area (Å²) in [5.74, 6) is 0.486. The fourth-order valence-electron chi connectivity index (χ4n) is 1.21. The molecule has 0 aliphatic heterocycles. The van der Waals surface area contributed by atoms with Crippen LogP contribution in [0.2, 0.25) is 6.32 Å². The molecular formula is C13H21B. The zero-order valence-corrected chi connectivity index (χ0v) is 9.72. The van der Waals surface area contributed by atoms with Crippen molar-refractivity contribution in [3.05, 3.63) is 36.0 Å².